The van der Waals surface area contributed by atoms with Gasteiger partial charge < -0.3 is 15.3 Å². The van der Waals surface area contributed by atoms with Gasteiger partial charge in [-0.25, -0.2) is 4.79 Å². The summed E-state index contributed by atoms with van der Waals surface area (Å²) in [6.07, 6.45) is 4.40. The number of hydrogen-bond donors (Lipinski definition) is 2. The van der Waals surface area contributed by atoms with Crippen LogP contribution < -0.4 is 5.32 Å². The van der Waals surface area contributed by atoms with E-state index in [9.17, 15) is 19.5 Å². The number of benzene rings is 1. The molecule has 2 fully saturated rings. The molecule has 3 atom stereocenters. The Morgan fingerprint density at radius 2 is 2.00 bits per heavy atom. The molecule has 1 aromatic rings. The Labute approximate surface area is 151 Å². The molecule has 3 unspecified atom stereocenters. The van der Waals surface area contributed by atoms with E-state index in [2.05, 4.69) is 5.32 Å². The molecule has 6 nitrogen and oxygen atoms in total. The molecule has 1 aliphatic heterocycles. The highest BCUT2D eigenvalue weighted by Crippen LogP contribution is 2.39. The van der Waals surface area contributed by atoms with E-state index < -0.39 is 17.9 Å². The highest BCUT2D eigenvalue weighted by atomic mass is 35.5. The molecule has 0 aromatic heterocycles. The Kier molecular flexibility index (Phi) is 5.27. The lowest BCUT2D eigenvalue weighted by atomic mass is 9.85. The maximum atomic E-state index is 12.6. The number of aliphatic carboxylic acids is 1. The number of likely N-dealkylation sites (tertiary alicyclic amines) is 1. The second-order valence-corrected chi connectivity index (χ2v) is 7.13. The molecular formula is C18H21ClN2O4. The van der Waals surface area contributed by atoms with Gasteiger partial charge in [0.2, 0.25) is 5.91 Å². The highest BCUT2D eigenvalue weighted by molar-refractivity contribution is 6.30. The molecule has 3 rings (SSSR count). The van der Waals surface area contributed by atoms with Crippen LogP contribution in [-0.2, 0) is 9.59 Å². The smallest absolute Gasteiger partial charge is 0.326 e. The summed E-state index contributed by atoms with van der Waals surface area (Å²) in [6.45, 7) is -0.210. The van der Waals surface area contributed by atoms with Crippen molar-refractivity contribution in [1.82, 2.24) is 10.2 Å². The van der Waals surface area contributed by atoms with E-state index in [1.165, 1.54) is 11.0 Å². The minimum Gasteiger partial charge on any atom is -0.480 e. The van der Waals surface area contributed by atoms with Crippen molar-refractivity contribution < 1.29 is 19.5 Å². The molecule has 2 amide bonds. The number of amides is 2. The van der Waals surface area contributed by atoms with Gasteiger partial charge in [0.1, 0.15) is 6.04 Å². The van der Waals surface area contributed by atoms with Crippen LogP contribution >= 0.6 is 11.6 Å². The number of nitrogens with one attached hydrogen (secondary N) is 1. The quantitative estimate of drug-likeness (QED) is 0.858. The first kappa shape index (κ1) is 17.7. The largest absolute Gasteiger partial charge is 0.480 e. The average molecular weight is 365 g/mol. The van der Waals surface area contributed by atoms with Crippen LogP contribution in [0, 0.1) is 5.92 Å². The van der Waals surface area contributed by atoms with Crippen molar-refractivity contribution in [2.75, 3.05) is 6.54 Å². The molecule has 0 radical (unpaired) electrons. The lowest BCUT2D eigenvalue weighted by Crippen LogP contribution is -2.50. The van der Waals surface area contributed by atoms with Crippen LogP contribution in [0.25, 0.3) is 0 Å². The Morgan fingerprint density at radius 3 is 2.72 bits per heavy atom. The minimum absolute atomic E-state index is 0.0228. The number of carboxylic acid groups (broad SMARTS) is 1. The third-order valence-electron chi connectivity index (χ3n) is 5.15. The highest BCUT2D eigenvalue weighted by Gasteiger charge is 2.47. The summed E-state index contributed by atoms with van der Waals surface area (Å²) in [5.41, 5.74) is 0.368. The normalized spacial score (nSPS) is 25.3. The van der Waals surface area contributed by atoms with Crippen molar-refractivity contribution in [3.8, 4) is 0 Å². The van der Waals surface area contributed by atoms with Crippen molar-refractivity contribution in [2.45, 2.75) is 44.2 Å². The molecule has 0 spiro atoms. The van der Waals surface area contributed by atoms with E-state index in [4.69, 9.17) is 11.6 Å². The first-order valence-corrected chi connectivity index (χ1v) is 8.93. The van der Waals surface area contributed by atoms with Crippen LogP contribution in [0.2, 0.25) is 5.02 Å². The number of carbonyl (C=O) groups excluding carboxylic acids is 2. The molecule has 7 heteroatoms. The summed E-state index contributed by atoms with van der Waals surface area (Å²) in [5, 5.41) is 12.5. The molecular weight excluding hydrogens is 344 g/mol. The van der Waals surface area contributed by atoms with Gasteiger partial charge in [0, 0.05) is 16.6 Å². The van der Waals surface area contributed by atoms with Gasteiger partial charge in [0.15, 0.2) is 0 Å². The number of nitrogens with zero attached hydrogens (tertiary/aromatic N) is 1. The summed E-state index contributed by atoms with van der Waals surface area (Å²) in [6, 6.07) is 5.64. The summed E-state index contributed by atoms with van der Waals surface area (Å²) >= 11 is 5.87. The number of fused-ring (bicyclic) bond motifs is 1. The SMILES string of the molecule is O=C(NCC(=O)N1C(C(=O)O)CC2CCCCC21)c1cccc(Cl)c1. The number of hydrogen-bond acceptors (Lipinski definition) is 3. The topological polar surface area (TPSA) is 86.7 Å². The van der Waals surface area contributed by atoms with Gasteiger partial charge in [0.05, 0.1) is 6.54 Å². The molecule has 2 aliphatic rings. The summed E-state index contributed by atoms with van der Waals surface area (Å²) in [7, 11) is 0. The fourth-order valence-corrected chi connectivity index (χ4v) is 4.21. The maximum Gasteiger partial charge on any atom is 0.326 e. The number of rotatable bonds is 4. The van der Waals surface area contributed by atoms with Gasteiger partial charge >= 0.3 is 5.97 Å². The second-order valence-electron chi connectivity index (χ2n) is 6.70. The zero-order valence-electron chi connectivity index (χ0n) is 13.8. The minimum atomic E-state index is -0.969. The molecule has 25 heavy (non-hydrogen) atoms. The zero-order chi connectivity index (χ0) is 18.0. The van der Waals surface area contributed by atoms with Crippen LogP contribution in [0.15, 0.2) is 24.3 Å². The Hall–Kier alpha value is -2.08. The van der Waals surface area contributed by atoms with E-state index in [1.54, 1.807) is 18.2 Å². The lowest BCUT2D eigenvalue weighted by molar-refractivity contribution is -0.149. The van der Waals surface area contributed by atoms with Gasteiger partial charge in [-0.05, 0) is 43.4 Å². The molecule has 2 N–H and O–H groups in total. The van der Waals surface area contributed by atoms with Crippen molar-refractivity contribution >= 4 is 29.4 Å². The van der Waals surface area contributed by atoms with Crippen molar-refractivity contribution in [1.29, 1.82) is 0 Å². The maximum absolute atomic E-state index is 12.6. The lowest BCUT2D eigenvalue weighted by Gasteiger charge is -2.33. The number of halogens is 1. The van der Waals surface area contributed by atoms with E-state index in [0.717, 1.165) is 25.7 Å². The van der Waals surface area contributed by atoms with E-state index in [1.807, 2.05) is 0 Å². The third kappa shape index (κ3) is 3.79. The average Bonchev–Trinajstić information content (AvgIpc) is 2.99. The first-order chi connectivity index (χ1) is 12.0. The molecule has 134 valence electrons. The van der Waals surface area contributed by atoms with Gasteiger partial charge in [-0.3, -0.25) is 9.59 Å². The molecule has 1 aromatic carbocycles. The summed E-state index contributed by atoms with van der Waals surface area (Å²) < 4.78 is 0. The molecule has 1 aliphatic carbocycles. The van der Waals surface area contributed by atoms with Crippen molar-refractivity contribution in [3.63, 3.8) is 0 Å². The predicted molar refractivity (Wildman–Crippen MR) is 92.4 cm³/mol. The monoisotopic (exact) mass is 364 g/mol. The van der Waals surface area contributed by atoms with Crippen molar-refractivity contribution in [2.24, 2.45) is 5.92 Å². The van der Waals surface area contributed by atoms with Crippen LogP contribution in [-0.4, -0.2) is 46.4 Å². The fourth-order valence-electron chi connectivity index (χ4n) is 4.02. The molecule has 1 saturated carbocycles. The first-order valence-electron chi connectivity index (χ1n) is 8.55. The molecule has 1 saturated heterocycles. The summed E-state index contributed by atoms with van der Waals surface area (Å²) in [4.78, 5) is 37.8. The van der Waals surface area contributed by atoms with Gasteiger partial charge in [-0.15, -0.1) is 0 Å². The molecule has 1 heterocycles. The standard InChI is InChI=1S/C18H21ClN2O4/c19-13-6-3-5-12(8-13)17(23)20-10-16(22)21-14-7-2-1-4-11(14)9-15(21)18(24)25/h3,5-6,8,11,14-15H,1-2,4,7,9-10H2,(H,20,23)(H,24,25). The summed E-state index contributed by atoms with van der Waals surface area (Å²) in [5.74, 6) is -1.45. The van der Waals surface area contributed by atoms with Gasteiger partial charge in [0.25, 0.3) is 5.91 Å². The predicted octanol–water partition coefficient (Wildman–Crippen LogP) is 2.31. The Balaban J connectivity index is 1.66. The van der Waals surface area contributed by atoms with E-state index >= 15 is 0 Å². The fraction of sp³-hybridized carbons (Fsp3) is 0.500. The van der Waals surface area contributed by atoms with E-state index in [0.29, 0.717) is 17.0 Å². The Bertz CT molecular complexity index is 693. The van der Waals surface area contributed by atoms with Gasteiger partial charge in [-0.2, -0.15) is 0 Å². The van der Waals surface area contributed by atoms with Crippen LogP contribution in [0.5, 0.6) is 0 Å². The van der Waals surface area contributed by atoms with Crippen LogP contribution in [0.1, 0.15) is 42.5 Å². The second kappa shape index (κ2) is 7.44. The number of carboxylic acids is 1. The number of carbonyl (C=O) groups is 3. The Morgan fingerprint density at radius 1 is 1.24 bits per heavy atom. The molecule has 0 bridgehead atoms. The van der Waals surface area contributed by atoms with Crippen molar-refractivity contribution in [3.05, 3.63) is 34.9 Å². The van der Waals surface area contributed by atoms with E-state index in [-0.39, 0.29) is 24.4 Å². The van der Waals surface area contributed by atoms with Crippen LogP contribution in [0.3, 0.4) is 0 Å². The van der Waals surface area contributed by atoms with Gasteiger partial charge in [-0.1, -0.05) is 30.5 Å². The van der Waals surface area contributed by atoms with Crippen LogP contribution in [0.4, 0.5) is 0 Å². The third-order valence-corrected chi connectivity index (χ3v) is 5.38. The zero-order valence-corrected chi connectivity index (χ0v) is 14.5.